The normalized spacial score (nSPS) is 11.1. The second kappa shape index (κ2) is 14.3. The third-order valence-electron chi connectivity index (χ3n) is 9.86. The number of nitriles is 1. The first kappa shape index (κ1) is 33.4. The van der Waals surface area contributed by atoms with Crippen LogP contribution in [0.5, 0.6) is 0 Å². The molecule has 57 heavy (non-hydrogen) atoms. The van der Waals surface area contributed by atoms with Crippen molar-refractivity contribution in [3.8, 4) is 85.5 Å². The standard InChI is InChI=1S/C49H29N7O/c50-30-37-19-10-11-20-38(37)31-23-25-35(26-24-31)47-52-46(34-17-8-3-9-18-34)55-49(56-47)39-21-12-22-42-43(39)40-29-36(27-28-41(40)57-42)48-53-44(32-13-4-1-5-14-32)51-45(54-48)33-15-6-2-7-16-33/h1-29H. The molecule has 8 heteroatoms. The van der Waals surface area contributed by atoms with Gasteiger partial charge in [-0.25, -0.2) is 29.9 Å². The molecule has 266 valence electrons. The summed E-state index contributed by atoms with van der Waals surface area (Å²) in [4.78, 5) is 29.9. The Morgan fingerprint density at radius 3 is 1.35 bits per heavy atom. The molecule has 0 aliphatic heterocycles. The first-order valence-electron chi connectivity index (χ1n) is 18.4. The van der Waals surface area contributed by atoms with E-state index in [9.17, 15) is 5.26 Å². The molecule has 0 saturated heterocycles. The summed E-state index contributed by atoms with van der Waals surface area (Å²) in [5.74, 6) is 3.31. The van der Waals surface area contributed by atoms with Crippen LogP contribution >= 0.6 is 0 Å². The summed E-state index contributed by atoms with van der Waals surface area (Å²) in [5.41, 5.74) is 8.94. The van der Waals surface area contributed by atoms with Crippen molar-refractivity contribution in [3.05, 3.63) is 181 Å². The van der Waals surface area contributed by atoms with Crippen molar-refractivity contribution in [2.24, 2.45) is 0 Å². The predicted molar refractivity (Wildman–Crippen MR) is 223 cm³/mol. The molecular weight excluding hydrogens is 703 g/mol. The SMILES string of the molecule is N#Cc1ccccc1-c1ccc(-c2nc(-c3ccccc3)nc(-c3cccc4oc5ccc(-c6nc(-c7ccccc7)nc(-c7ccccc7)n6)cc5c34)n2)cc1. The maximum atomic E-state index is 9.70. The van der Waals surface area contributed by atoms with Crippen LogP contribution in [0, 0.1) is 11.3 Å². The van der Waals surface area contributed by atoms with Crippen molar-refractivity contribution in [2.45, 2.75) is 0 Å². The maximum Gasteiger partial charge on any atom is 0.164 e. The molecule has 0 amide bonds. The number of hydrogen-bond acceptors (Lipinski definition) is 8. The highest BCUT2D eigenvalue weighted by Crippen LogP contribution is 2.38. The number of benzene rings is 7. The van der Waals surface area contributed by atoms with Crippen LogP contribution in [0.15, 0.2) is 180 Å². The van der Waals surface area contributed by atoms with Crippen LogP contribution < -0.4 is 0 Å². The van der Waals surface area contributed by atoms with Crippen LogP contribution in [0.4, 0.5) is 0 Å². The predicted octanol–water partition coefficient (Wildman–Crippen LogP) is 11.5. The van der Waals surface area contributed by atoms with E-state index >= 15 is 0 Å². The number of fused-ring (bicyclic) bond motifs is 3. The minimum absolute atomic E-state index is 0.509. The molecule has 3 aromatic heterocycles. The van der Waals surface area contributed by atoms with E-state index in [-0.39, 0.29) is 0 Å². The van der Waals surface area contributed by atoms with E-state index in [1.807, 2.05) is 170 Å². The van der Waals surface area contributed by atoms with Crippen LogP contribution in [0.2, 0.25) is 0 Å². The van der Waals surface area contributed by atoms with Gasteiger partial charge >= 0.3 is 0 Å². The van der Waals surface area contributed by atoms with Gasteiger partial charge in [-0.1, -0.05) is 146 Å². The second-order valence-electron chi connectivity index (χ2n) is 13.4. The minimum Gasteiger partial charge on any atom is -0.456 e. The first-order valence-corrected chi connectivity index (χ1v) is 18.4. The molecule has 3 heterocycles. The molecule has 10 aromatic rings. The summed E-state index contributed by atoms with van der Waals surface area (Å²) in [5, 5.41) is 11.5. The summed E-state index contributed by atoms with van der Waals surface area (Å²) >= 11 is 0. The van der Waals surface area contributed by atoms with Crippen molar-refractivity contribution >= 4 is 21.9 Å². The smallest absolute Gasteiger partial charge is 0.164 e. The molecule has 0 N–H and O–H groups in total. The zero-order valence-corrected chi connectivity index (χ0v) is 30.3. The largest absolute Gasteiger partial charge is 0.456 e. The molecule has 8 nitrogen and oxygen atoms in total. The fourth-order valence-electron chi connectivity index (χ4n) is 7.06. The molecule has 0 unspecified atom stereocenters. The third kappa shape index (κ3) is 6.35. The molecule has 0 aliphatic rings. The van der Waals surface area contributed by atoms with Crippen LogP contribution in [-0.2, 0) is 0 Å². The van der Waals surface area contributed by atoms with Gasteiger partial charge in [0.2, 0.25) is 0 Å². The fourth-order valence-corrected chi connectivity index (χ4v) is 7.06. The van der Waals surface area contributed by atoms with Crippen LogP contribution in [0.3, 0.4) is 0 Å². The third-order valence-corrected chi connectivity index (χ3v) is 9.86. The quantitative estimate of drug-likeness (QED) is 0.159. The maximum absolute atomic E-state index is 9.70. The average molecular weight is 732 g/mol. The lowest BCUT2D eigenvalue weighted by Crippen LogP contribution is -2.00. The number of nitrogens with zero attached hydrogens (tertiary/aromatic N) is 7. The lowest BCUT2D eigenvalue weighted by Gasteiger charge is -2.10. The van der Waals surface area contributed by atoms with Gasteiger partial charge in [-0.3, -0.25) is 0 Å². The van der Waals surface area contributed by atoms with E-state index in [2.05, 4.69) is 12.1 Å². The van der Waals surface area contributed by atoms with Crippen molar-refractivity contribution < 1.29 is 4.42 Å². The number of rotatable bonds is 7. The Morgan fingerprint density at radius 2 is 0.789 bits per heavy atom. The van der Waals surface area contributed by atoms with Gasteiger partial charge in [0.25, 0.3) is 0 Å². The first-order chi connectivity index (χ1) is 28.2. The average Bonchev–Trinajstić information content (AvgIpc) is 3.68. The molecule has 0 radical (unpaired) electrons. The molecule has 0 atom stereocenters. The van der Waals surface area contributed by atoms with Gasteiger partial charge < -0.3 is 4.42 Å². The molecule has 0 bridgehead atoms. The molecule has 0 fully saturated rings. The summed E-state index contributed by atoms with van der Waals surface area (Å²) in [6.07, 6.45) is 0. The molecule has 0 spiro atoms. The van der Waals surface area contributed by atoms with Crippen LogP contribution in [-0.4, -0.2) is 29.9 Å². The Morgan fingerprint density at radius 1 is 0.351 bits per heavy atom. The van der Waals surface area contributed by atoms with E-state index in [1.54, 1.807) is 0 Å². The molecule has 7 aromatic carbocycles. The summed E-state index contributed by atoms with van der Waals surface area (Å²) in [6.45, 7) is 0. The molecular formula is C49H29N7O. The van der Waals surface area contributed by atoms with Gasteiger partial charge in [0.1, 0.15) is 11.2 Å². The van der Waals surface area contributed by atoms with Crippen molar-refractivity contribution in [1.29, 1.82) is 5.26 Å². The van der Waals surface area contributed by atoms with Gasteiger partial charge in [-0.15, -0.1) is 0 Å². The van der Waals surface area contributed by atoms with Gasteiger partial charge in [-0.05, 0) is 41.5 Å². The van der Waals surface area contributed by atoms with E-state index in [0.29, 0.717) is 51.7 Å². The highest BCUT2D eigenvalue weighted by Gasteiger charge is 2.20. The van der Waals surface area contributed by atoms with Crippen molar-refractivity contribution in [1.82, 2.24) is 29.9 Å². The van der Waals surface area contributed by atoms with E-state index < -0.39 is 0 Å². The second-order valence-corrected chi connectivity index (χ2v) is 13.4. The minimum atomic E-state index is 0.509. The Hall–Kier alpha value is -8.15. The monoisotopic (exact) mass is 731 g/mol. The van der Waals surface area contributed by atoms with Gasteiger partial charge in [0, 0.05) is 44.2 Å². The molecule has 0 saturated carbocycles. The van der Waals surface area contributed by atoms with E-state index in [1.165, 1.54) is 0 Å². The number of furan rings is 1. The lowest BCUT2D eigenvalue weighted by molar-refractivity contribution is 0.669. The Balaban J connectivity index is 1.13. The highest BCUT2D eigenvalue weighted by atomic mass is 16.3. The Labute approximate surface area is 327 Å². The lowest BCUT2D eigenvalue weighted by atomic mass is 9.99. The van der Waals surface area contributed by atoms with Crippen molar-refractivity contribution in [2.75, 3.05) is 0 Å². The van der Waals surface area contributed by atoms with Gasteiger partial charge in [-0.2, -0.15) is 5.26 Å². The highest BCUT2D eigenvalue weighted by molar-refractivity contribution is 6.12. The number of hydrogen-bond donors (Lipinski definition) is 0. The Bertz CT molecular complexity index is 3060. The van der Waals surface area contributed by atoms with Gasteiger partial charge in [0.15, 0.2) is 34.9 Å². The number of aromatic nitrogens is 6. The Kier molecular flexibility index (Phi) is 8.36. The zero-order chi connectivity index (χ0) is 38.1. The van der Waals surface area contributed by atoms with E-state index in [0.717, 1.165) is 55.3 Å². The zero-order valence-electron chi connectivity index (χ0n) is 30.3. The summed E-state index contributed by atoms with van der Waals surface area (Å²) in [7, 11) is 0. The van der Waals surface area contributed by atoms with Crippen molar-refractivity contribution in [3.63, 3.8) is 0 Å². The summed E-state index contributed by atoms with van der Waals surface area (Å²) < 4.78 is 6.45. The van der Waals surface area contributed by atoms with Crippen LogP contribution in [0.25, 0.3) is 101 Å². The molecule has 10 rings (SSSR count). The topological polar surface area (TPSA) is 114 Å². The van der Waals surface area contributed by atoms with Crippen LogP contribution in [0.1, 0.15) is 5.56 Å². The fraction of sp³-hybridized carbons (Fsp3) is 0. The van der Waals surface area contributed by atoms with E-state index in [4.69, 9.17) is 34.3 Å². The van der Waals surface area contributed by atoms with Gasteiger partial charge in [0.05, 0.1) is 11.6 Å². The molecule has 0 aliphatic carbocycles. The summed E-state index contributed by atoms with van der Waals surface area (Å²) in [6, 6.07) is 59.6.